The summed E-state index contributed by atoms with van der Waals surface area (Å²) in [6.45, 7) is 1.71. The van der Waals surface area contributed by atoms with Gasteiger partial charge < -0.3 is 33.5 Å². The molecule has 0 unspecified atom stereocenters. The van der Waals surface area contributed by atoms with Gasteiger partial charge in [0.05, 0.1) is 19.8 Å². The average Bonchev–Trinajstić information content (AvgIpc) is 3.17. The fourth-order valence-corrected chi connectivity index (χ4v) is 6.88. The van der Waals surface area contributed by atoms with Crippen molar-refractivity contribution in [2.45, 2.75) is 56.8 Å². The molecule has 0 amide bonds. The molecule has 5 aromatic rings. The number of carboxylic acids is 1. The second-order valence-corrected chi connectivity index (χ2v) is 13.5. The maximum Gasteiger partial charge on any atom is 0.335 e. The third-order valence-corrected chi connectivity index (χ3v) is 9.81. The van der Waals surface area contributed by atoms with Gasteiger partial charge in [-0.1, -0.05) is 125 Å². The highest BCUT2D eigenvalue weighted by atomic mass is 79.9. The van der Waals surface area contributed by atoms with E-state index in [1.165, 1.54) is 0 Å². The van der Waals surface area contributed by atoms with Gasteiger partial charge in [0, 0.05) is 4.47 Å². The van der Waals surface area contributed by atoms with Crippen LogP contribution in [0, 0.1) is 0 Å². The van der Waals surface area contributed by atoms with Crippen molar-refractivity contribution >= 4 is 21.9 Å². The fourth-order valence-electron chi connectivity index (χ4n) is 6.49. The van der Waals surface area contributed by atoms with E-state index in [-0.39, 0.29) is 19.8 Å². The maximum atomic E-state index is 13.0. The molecule has 0 spiro atoms. The van der Waals surface area contributed by atoms with Crippen molar-refractivity contribution in [3.05, 3.63) is 165 Å². The quantitative estimate of drug-likeness (QED) is 0.129. The van der Waals surface area contributed by atoms with E-state index in [2.05, 4.69) is 15.9 Å². The van der Waals surface area contributed by atoms with Gasteiger partial charge in [0.2, 0.25) is 0 Å². The Morgan fingerprint density at radius 3 is 1.76 bits per heavy atom. The number of fused-ring (bicyclic) bond motifs is 1. The number of benzene rings is 5. The molecule has 5 atom stereocenters. The van der Waals surface area contributed by atoms with E-state index < -0.39 is 36.5 Å². The van der Waals surface area contributed by atoms with Crippen LogP contribution in [0.1, 0.15) is 39.5 Å². The van der Waals surface area contributed by atoms with Gasteiger partial charge >= 0.3 is 5.97 Å². The predicted molar refractivity (Wildman–Crippen MR) is 195 cm³/mol. The molecule has 1 N–H and O–H groups in total. The lowest BCUT2D eigenvalue weighted by atomic mass is 9.89. The fraction of sp³-hybridized carbons (Fsp3) is 0.262. The van der Waals surface area contributed by atoms with Crippen LogP contribution in [0.5, 0.6) is 11.5 Å². The minimum Gasteiger partial charge on any atom is -0.486 e. The van der Waals surface area contributed by atoms with Gasteiger partial charge in [0.25, 0.3) is 0 Å². The van der Waals surface area contributed by atoms with Crippen LogP contribution in [-0.4, -0.2) is 48.7 Å². The molecule has 2 aliphatic rings. The number of carboxylic acid groups (broad SMARTS) is 1. The summed E-state index contributed by atoms with van der Waals surface area (Å²) in [4.78, 5) is 13.0. The molecule has 0 aromatic heterocycles. The molecule has 7 rings (SSSR count). The van der Waals surface area contributed by atoms with Crippen LogP contribution >= 0.6 is 15.9 Å². The largest absolute Gasteiger partial charge is 0.486 e. The minimum atomic E-state index is -1.33. The molecule has 0 radical (unpaired) electrons. The van der Waals surface area contributed by atoms with Crippen molar-refractivity contribution in [2.24, 2.45) is 0 Å². The van der Waals surface area contributed by atoms with E-state index in [1.807, 2.05) is 127 Å². The Balaban J connectivity index is 1.25. The van der Waals surface area contributed by atoms with Crippen LogP contribution in [-0.2, 0) is 50.0 Å². The summed E-state index contributed by atoms with van der Waals surface area (Å²) in [5.41, 5.74) is 5.62. The lowest BCUT2D eigenvalue weighted by Gasteiger charge is -2.45. The van der Waals surface area contributed by atoms with Crippen molar-refractivity contribution < 1.29 is 38.3 Å². The molecule has 0 saturated carbocycles. The predicted octanol–water partition coefficient (Wildman–Crippen LogP) is 8.09. The molecular formula is C42H39BrO8. The van der Waals surface area contributed by atoms with Gasteiger partial charge in [-0.25, -0.2) is 4.79 Å². The summed E-state index contributed by atoms with van der Waals surface area (Å²) in [5, 5.41) is 10.6. The second kappa shape index (κ2) is 16.7. The zero-order valence-corrected chi connectivity index (χ0v) is 29.5. The van der Waals surface area contributed by atoms with Crippen molar-refractivity contribution in [1.29, 1.82) is 0 Å². The topological polar surface area (TPSA) is 92.7 Å². The van der Waals surface area contributed by atoms with E-state index in [4.69, 9.17) is 28.4 Å². The Bertz CT molecular complexity index is 1890. The van der Waals surface area contributed by atoms with Crippen LogP contribution in [0.4, 0.5) is 0 Å². The summed E-state index contributed by atoms with van der Waals surface area (Å²) >= 11 is 3.75. The standard InChI is InChI=1S/C42H39BrO8/c43-34-18-17-32(24-33(34)22-31-16-19-35-36(23-31)47-21-20-46-35)37-38(48-25-28-10-4-1-5-11-28)39(49-26-29-12-6-2-7-13-29)40(41(51-37)42(44)45)50-27-30-14-8-3-9-15-30/h1-19,23-24,37-41H,20-22,25-27H2,(H,44,45)/t37-,38-,39+,40-,41-/m0/s1. The zero-order valence-electron chi connectivity index (χ0n) is 27.9. The molecule has 1 fully saturated rings. The maximum absolute atomic E-state index is 13.0. The van der Waals surface area contributed by atoms with Crippen molar-refractivity contribution in [3.8, 4) is 11.5 Å². The highest BCUT2D eigenvalue weighted by Crippen LogP contribution is 2.40. The van der Waals surface area contributed by atoms with Crippen LogP contribution in [0.2, 0.25) is 0 Å². The van der Waals surface area contributed by atoms with Crippen LogP contribution in [0.25, 0.3) is 0 Å². The van der Waals surface area contributed by atoms with Gasteiger partial charge in [-0.15, -0.1) is 0 Å². The number of rotatable bonds is 13. The van der Waals surface area contributed by atoms with Crippen LogP contribution in [0.3, 0.4) is 0 Å². The molecule has 51 heavy (non-hydrogen) atoms. The van der Waals surface area contributed by atoms with Crippen molar-refractivity contribution in [2.75, 3.05) is 13.2 Å². The second-order valence-electron chi connectivity index (χ2n) is 12.6. The molecule has 0 bridgehead atoms. The third-order valence-electron chi connectivity index (χ3n) is 9.04. The van der Waals surface area contributed by atoms with Gasteiger partial charge in [0.1, 0.15) is 37.6 Å². The molecule has 1 saturated heterocycles. The minimum absolute atomic E-state index is 0.178. The molecule has 8 nitrogen and oxygen atoms in total. The Morgan fingerprint density at radius 2 is 1.18 bits per heavy atom. The highest BCUT2D eigenvalue weighted by molar-refractivity contribution is 9.10. The number of aliphatic carboxylic acids is 1. The average molecular weight is 752 g/mol. The van der Waals surface area contributed by atoms with E-state index in [0.717, 1.165) is 49.4 Å². The van der Waals surface area contributed by atoms with Gasteiger partial charge in [-0.05, 0) is 58.0 Å². The first-order valence-electron chi connectivity index (χ1n) is 17.0. The molecule has 2 heterocycles. The van der Waals surface area contributed by atoms with Gasteiger partial charge in [-0.2, -0.15) is 0 Å². The lowest BCUT2D eigenvalue weighted by Crippen LogP contribution is -2.59. The zero-order chi connectivity index (χ0) is 35.0. The smallest absolute Gasteiger partial charge is 0.335 e. The first-order chi connectivity index (χ1) is 25.0. The summed E-state index contributed by atoms with van der Waals surface area (Å²) in [6.07, 6.45) is -4.04. The molecule has 0 aliphatic carbocycles. The number of halogens is 1. The lowest BCUT2D eigenvalue weighted by molar-refractivity contribution is -0.266. The summed E-state index contributed by atoms with van der Waals surface area (Å²) in [6, 6.07) is 41.2. The Kier molecular flexibility index (Phi) is 11.4. The normalized spacial score (nSPS) is 21.2. The monoisotopic (exact) mass is 750 g/mol. The number of hydrogen-bond acceptors (Lipinski definition) is 7. The Morgan fingerprint density at radius 1 is 0.627 bits per heavy atom. The van der Waals surface area contributed by atoms with Gasteiger partial charge in [-0.3, -0.25) is 0 Å². The van der Waals surface area contributed by atoms with Crippen molar-refractivity contribution in [1.82, 2.24) is 0 Å². The molecule has 9 heteroatoms. The number of carbonyl (C=O) groups is 1. The highest BCUT2D eigenvalue weighted by Gasteiger charge is 2.51. The first kappa shape index (κ1) is 34.9. The van der Waals surface area contributed by atoms with Crippen LogP contribution < -0.4 is 9.47 Å². The third kappa shape index (κ3) is 8.69. The SMILES string of the molecule is O=C(O)[C@H]1O[C@@H](c2ccc(Br)c(Cc3ccc4c(c3)OCCO4)c2)[C@H](OCc2ccccc2)[C@@H](OCc2ccccc2)[C@@H]1OCc1ccccc1. The van der Waals surface area contributed by atoms with E-state index >= 15 is 0 Å². The summed E-state index contributed by atoms with van der Waals surface area (Å²) in [7, 11) is 0. The Labute approximate surface area is 306 Å². The number of ether oxygens (including phenoxy) is 6. The molecule has 2 aliphatic heterocycles. The number of hydrogen-bond donors (Lipinski definition) is 1. The van der Waals surface area contributed by atoms with E-state index in [1.54, 1.807) is 0 Å². The van der Waals surface area contributed by atoms with E-state index in [0.29, 0.717) is 19.6 Å². The first-order valence-corrected chi connectivity index (χ1v) is 17.8. The van der Waals surface area contributed by atoms with Crippen LogP contribution in [0.15, 0.2) is 132 Å². The van der Waals surface area contributed by atoms with Crippen molar-refractivity contribution in [3.63, 3.8) is 0 Å². The molecule has 262 valence electrons. The molecular weight excluding hydrogens is 712 g/mol. The summed E-state index contributed by atoms with van der Waals surface area (Å²) in [5.74, 6) is 0.318. The van der Waals surface area contributed by atoms with E-state index in [9.17, 15) is 9.90 Å². The summed E-state index contributed by atoms with van der Waals surface area (Å²) < 4.78 is 38.9. The Hall–Kier alpha value is -4.51. The van der Waals surface area contributed by atoms with Gasteiger partial charge in [0.15, 0.2) is 17.6 Å². The molecule has 5 aromatic carbocycles.